The fraction of sp³-hybridized carbons (Fsp3) is 0.345. The van der Waals surface area contributed by atoms with Crippen molar-refractivity contribution in [2.75, 3.05) is 37.7 Å². The second kappa shape index (κ2) is 13.5. The van der Waals surface area contributed by atoms with Crippen LogP contribution in [0.3, 0.4) is 0 Å². The summed E-state index contributed by atoms with van der Waals surface area (Å²) in [5, 5.41) is 12.7. The van der Waals surface area contributed by atoms with Gasteiger partial charge in [0.15, 0.2) is 0 Å². The van der Waals surface area contributed by atoms with Crippen LogP contribution in [0.1, 0.15) is 30.9 Å². The topological polar surface area (TPSA) is 164 Å². The van der Waals surface area contributed by atoms with Gasteiger partial charge in [0, 0.05) is 5.56 Å². The lowest BCUT2D eigenvalue weighted by atomic mass is 10.0. The SMILES string of the molecule is CCOC(=O)N(CC(=O)OC)S(=O)(=O)N(Cc1ccc2ccc(C(=N)N)cc2c1)c1ccc(OC2CCNCC2)cc1. The molecule has 1 heterocycles. The molecule has 12 nitrogen and oxygen atoms in total. The second-order valence-electron chi connectivity index (χ2n) is 9.67. The first kappa shape index (κ1) is 30.6. The molecule has 1 fully saturated rings. The fourth-order valence-electron chi connectivity index (χ4n) is 4.57. The molecule has 0 saturated carbocycles. The summed E-state index contributed by atoms with van der Waals surface area (Å²) in [6, 6.07) is 17.2. The third kappa shape index (κ3) is 7.28. The molecule has 0 spiro atoms. The van der Waals surface area contributed by atoms with Gasteiger partial charge >= 0.3 is 22.3 Å². The van der Waals surface area contributed by atoms with Crippen LogP contribution in [0.4, 0.5) is 10.5 Å². The maximum Gasteiger partial charge on any atom is 0.425 e. The number of nitrogen functional groups attached to an aromatic ring is 1. The lowest BCUT2D eigenvalue weighted by Crippen LogP contribution is -2.49. The van der Waals surface area contributed by atoms with Gasteiger partial charge in [-0.15, -0.1) is 0 Å². The summed E-state index contributed by atoms with van der Waals surface area (Å²) >= 11 is 0. The van der Waals surface area contributed by atoms with Gasteiger partial charge in [-0.05, 0) is 85.6 Å². The number of carbonyl (C=O) groups is 2. The Morgan fingerprint density at radius 3 is 2.36 bits per heavy atom. The van der Waals surface area contributed by atoms with Crippen LogP contribution in [0.2, 0.25) is 0 Å². The Balaban J connectivity index is 1.73. The van der Waals surface area contributed by atoms with Gasteiger partial charge in [0.25, 0.3) is 0 Å². The van der Waals surface area contributed by atoms with Crippen LogP contribution in [0.5, 0.6) is 5.75 Å². The lowest BCUT2D eigenvalue weighted by Gasteiger charge is -2.30. The molecule has 13 heteroatoms. The minimum Gasteiger partial charge on any atom is -0.490 e. The summed E-state index contributed by atoms with van der Waals surface area (Å²) in [6.07, 6.45) is 0.562. The number of carbonyl (C=O) groups excluding carboxylic acids is 2. The number of nitrogens with zero attached hydrogens (tertiary/aromatic N) is 2. The van der Waals surface area contributed by atoms with Crippen molar-refractivity contribution in [2.45, 2.75) is 32.4 Å². The molecule has 0 aromatic heterocycles. The number of fused-ring (bicyclic) bond motifs is 1. The molecule has 0 atom stereocenters. The van der Waals surface area contributed by atoms with E-state index in [0.717, 1.165) is 48.1 Å². The molecular weight excluding hydrogens is 562 g/mol. The number of hydrogen-bond acceptors (Lipinski definition) is 9. The Hall–Kier alpha value is -4.36. The quantitative estimate of drug-likeness (QED) is 0.171. The summed E-state index contributed by atoms with van der Waals surface area (Å²) < 4.78 is 45.2. The Labute approximate surface area is 245 Å². The molecular formula is C29H35N5O7S. The number of benzene rings is 3. The van der Waals surface area contributed by atoms with E-state index in [0.29, 0.717) is 21.2 Å². The number of piperidine rings is 1. The van der Waals surface area contributed by atoms with Crippen LogP contribution in [0.15, 0.2) is 60.7 Å². The molecule has 1 aliphatic rings. The van der Waals surface area contributed by atoms with E-state index in [1.54, 1.807) is 48.5 Å². The third-order valence-corrected chi connectivity index (χ3v) is 8.52. The summed E-state index contributed by atoms with van der Waals surface area (Å²) in [7, 11) is -3.57. The standard InChI is InChI=1S/C29H35N5O7S/c1-3-40-29(36)34(19-27(35)39-2)42(37,38)33(24-8-10-25(11-9-24)41-26-12-14-32-15-13-26)18-20-4-5-21-6-7-22(28(30)31)17-23(21)16-20/h4-11,16-17,26,32H,3,12-15,18-19H2,1-2H3,(H3,30,31). The smallest absolute Gasteiger partial charge is 0.425 e. The van der Waals surface area contributed by atoms with Crippen molar-refractivity contribution in [1.82, 2.24) is 9.62 Å². The number of nitrogens with one attached hydrogen (secondary N) is 2. The molecule has 0 aliphatic carbocycles. The number of esters is 1. The normalized spacial score (nSPS) is 13.8. The maximum atomic E-state index is 14.1. The number of nitrogens with two attached hydrogens (primary N) is 1. The first-order valence-corrected chi connectivity index (χ1v) is 14.9. The van der Waals surface area contributed by atoms with Crippen molar-refractivity contribution >= 4 is 44.6 Å². The number of amides is 1. The number of hydrogen-bond donors (Lipinski definition) is 3. The van der Waals surface area contributed by atoms with Crippen molar-refractivity contribution < 1.29 is 32.2 Å². The van der Waals surface area contributed by atoms with E-state index in [1.165, 1.54) is 6.92 Å². The maximum absolute atomic E-state index is 14.1. The van der Waals surface area contributed by atoms with Crippen molar-refractivity contribution in [3.63, 3.8) is 0 Å². The van der Waals surface area contributed by atoms with E-state index in [4.69, 9.17) is 20.6 Å². The zero-order valence-corrected chi connectivity index (χ0v) is 24.4. The zero-order chi connectivity index (χ0) is 30.3. The number of ether oxygens (including phenoxy) is 3. The van der Waals surface area contributed by atoms with Gasteiger partial charge in [-0.2, -0.15) is 12.7 Å². The van der Waals surface area contributed by atoms with Gasteiger partial charge < -0.3 is 25.3 Å². The summed E-state index contributed by atoms with van der Waals surface area (Å²) in [6.45, 7) is 2.09. The molecule has 4 rings (SSSR count). The van der Waals surface area contributed by atoms with E-state index < -0.39 is 28.8 Å². The van der Waals surface area contributed by atoms with E-state index >= 15 is 0 Å². The Kier molecular flexibility index (Phi) is 9.86. The van der Waals surface area contributed by atoms with Gasteiger partial charge in [-0.3, -0.25) is 10.2 Å². The highest BCUT2D eigenvalue weighted by atomic mass is 32.2. The number of amidine groups is 1. The average Bonchev–Trinajstić information content (AvgIpc) is 2.99. The highest BCUT2D eigenvalue weighted by Crippen LogP contribution is 2.28. The third-order valence-electron chi connectivity index (χ3n) is 6.78. The molecule has 0 unspecified atom stereocenters. The van der Waals surface area contributed by atoms with Gasteiger partial charge in [0.05, 0.1) is 25.9 Å². The van der Waals surface area contributed by atoms with Crippen molar-refractivity contribution in [1.29, 1.82) is 5.41 Å². The number of methoxy groups -OCH3 is 1. The highest BCUT2D eigenvalue weighted by Gasteiger charge is 2.37. The van der Waals surface area contributed by atoms with Crippen molar-refractivity contribution in [3.05, 3.63) is 71.8 Å². The molecule has 3 aromatic carbocycles. The van der Waals surface area contributed by atoms with E-state index in [-0.39, 0.29) is 30.8 Å². The average molecular weight is 598 g/mol. The van der Waals surface area contributed by atoms with Gasteiger partial charge in [0.2, 0.25) is 0 Å². The van der Waals surface area contributed by atoms with E-state index in [2.05, 4.69) is 10.1 Å². The molecule has 224 valence electrons. The van der Waals surface area contributed by atoms with Gasteiger partial charge in [-0.1, -0.05) is 24.3 Å². The molecule has 4 N–H and O–H groups in total. The minimum atomic E-state index is -4.67. The van der Waals surface area contributed by atoms with Crippen LogP contribution in [0, 0.1) is 5.41 Å². The van der Waals surface area contributed by atoms with Crippen molar-refractivity contribution in [3.8, 4) is 5.75 Å². The number of rotatable bonds is 11. The molecule has 1 saturated heterocycles. The van der Waals surface area contributed by atoms with Crippen LogP contribution < -0.4 is 20.1 Å². The molecule has 0 radical (unpaired) electrons. The summed E-state index contributed by atoms with van der Waals surface area (Å²) in [4.78, 5) is 25.0. The van der Waals surface area contributed by atoms with E-state index in [1.807, 2.05) is 12.1 Å². The van der Waals surface area contributed by atoms with Crippen LogP contribution >= 0.6 is 0 Å². The summed E-state index contributed by atoms with van der Waals surface area (Å²) in [5.41, 5.74) is 7.02. The highest BCUT2D eigenvalue weighted by molar-refractivity contribution is 7.91. The first-order chi connectivity index (χ1) is 20.1. The Morgan fingerprint density at radius 1 is 1.02 bits per heavy atom. The first-order valence-electron chi connectivity index (χ1n) is 13.5. The fourth-order valence-corrected chi connectivity index (χ4v) is 6.02. The Morgan fingerprint density at radius 2 is 1.71 bits per heavy atom. The van der Waals surface area contributed by atoms with Gasteiger partial charge in [-0.25, -0.2) is 9.10 Å². The van der Waals surface area contributed by atoms with Crippen LogP contribution in [-0.2, 0) is 31.0 Å². The largest absolute Gasteiger partial charge is 0.490 e. The lowest BCUT2D eigenvalue weighted by molar-refractivity contribution is -0.140. The predicted octanol–water partition coefficient (Wildman–Crippen LogP) is 3.14. The molecule has 1 aliphatic heterocycles. The molecule has 1 amide bonds. The van der Waals surface area contributed by atoms with Crippen molar-refractivity contribution in [2.24, 2.45) is 5.73 Å². The molecule has 0 bridgehead atoms. The molecule has 42 heavy (non-hydrogen) atoms. The summed E-state index contributed by atoms with van der Waals surface area (Å²) in [5.74, 6) is -0.437. The Bertz CT molecular complexity index is 1540. The van der Waals surface area contributed by atoms with Gasteiger partial charge in [0.1, 0.15) is 24.2 Å². The second-order valence-corrected chi connectivity index (χ2v) is 11.4. The zero-order valence-electron chi connectivity index (χ0n) is 23.5. The molecule has 3 aromatic rings. The van der Waals surface area contributed by atoms with Crippen LogP contribution in [-0.4, -0.2) is 70.1 Å². The monoisotopic (exact) mass is 597 g/mol. The van der Waals surface area contributed by atoms with E-state index in [9.17, 15) is 18.0 Å². The number of anilines is 1. The minimum absolute atomic E-state index is 0.0498. The predicted molar refractivity (Wildman–Crippen MR) is 159 cm³/mol. The van der Waals surface area contributed by atoms with Crippen LogP contribution in [0.25, 0.3) is 10.8 Å².